The maximum Gasteiger partial charge on any atom is 0.312 e. The van der Waals surface area contributed by atoms with Crippen molar-refractivity contribution in [2.75, 3.05) is 6.61 Å². The van der Waals surface area contributed by atoms with Gasteiger partial charge in [-0.3, -0.25) is 4.79 Å². The van der Waals surface area contributed by atoms with Crippen molar-refractivity contribution in [2.24, 2.45) is 5.92 Å². The van der Waals surface area contributed by atoms with Gasteiger partial charge in [-0.15, -0.1) is 0 Å². The van der Waals surface area contributed by atoms with E-state index in [0.29, 0.717) is 6.61 Å². The SMILES string of the molecule is CCC(=C[C@@H](C)C(=O)O[C@@H]1[C@H]2OC(C)(C)O[C@H]2O[C@@H]1[C@H]1COC(C)(C)O1)CC. The molecule has 3 fully saturated rings. The topological polar surface area (TPSA) is 72.5 Å². The molecule has 28 heavy (non-hydrogen) atoms. The molecule has 0 N–H and O–H groups in total. The Hall–Kier alpha value is -0.990. The summed E-state index contributed by atoms with van der Waals surface area (Å²) in [6.07, 6.45) is 1.24. The largest absolute Gasteiger partial charge is 0.456 e. The van der Waals surface area contributed by atoms with Gasteiger partial charge in [-0.2, -0.15) is 0 Å². The molecule has 0 aromatic heterocycles. The molecule has 0 aliphatic carbocycles. The Morgan fingerprint density at radius 3 is 2.32 bits per heavy atom. The van der Waals surface area contributed by atoms with Crippen LogP contribution in [0.5, 0.6) is 0 Å². The Kier molecular flexibility index (Phi) is 6.23. The zero-order valence-corrected chi connectivity index (χ0v) is 18.0. The van der Waals surface area contributed by atoms with E-state index in [0.717, 1.165) is 12.8 Å². The van der Waals surface area contributed by atoms with Crippen LogP contribution >= 0.6 is 0 Å². The van der Waals surface area contributed by atoms with Crippen LogP contribution < -0.4 is 0 Å². The number of allylic oxidation sites excluding steroid dienone is 1. The van der Waals surface area contributed by atoms with Crippen molar-refractivity contribution in [1.29, 1.82) is 0 Å². The van der Waals surface area contributed by atoms with Crippen molar-refractivity contribution < 1.29 is 33.2 Å². The maximum absolute atomic E-state index is 12.8. The van der Waals surface area contributed by atoms with Crippen molar-refractivity contribution >= 4 is 5.97 Å². The predicted octanol–water partition coefficient (Wildman–Crippen LogP) is 3.31. The fourth-order valence-electron chi connectivity index (χ4n) is 3.96. The minimum Gasteiger partial charge on any atom is -0.456 e. The summed E-state index contributed by atoms with van der Waals surface area (Å²) in [4.78, 5) is 12.8. The fourth-order valence-corrected chi connectivity index (χ4v) is 3.96. The van der Waals surface area contributed by atoms with Gasteiger partial charge >= 0.3 is 5.97 Å². The van der Waals surface area contributed by atoms with E-state index in [1.54, 1.807) is 0 Å². The third-order valence-electron chi connectivity index (χ3n) is 5.44. The van der Waals surface area contributed by atoms with Gasteiger partial charge in [0.2, 0.25) is 0 Å². The second-order valence-corrected chi connectivity index (χ2v) is 8.66. The number of carbonyl (C=O) groups is 1. The lowest BCUT2D eigenvalue weighted by Gasteiger charge is -2.29. The lowest BCUT2D eigenvalue weighted by Crippen LogP contribution is -2.45. The average molecular weight is 398 g/mol. The Labute approximate surface area is 167 Å². The van der Waals surface area contributed by atoms with Crippen LogP contribution in [0.3, 0.4) is 0 Å². The molecule has 0 amide bonds. The lowest BCUT2D eigenvalue weighted by atomic mass is 10.0. The van der Waals surface area contributed by atoms with E-state index in [1.165, 1.54) is 5.57 Å². The van der Waals surface area contributed by atoms with E-state index in [-0.39, 0.29) is 18.0 Å². The van der Waals surface area contributed by atoms with Crippen LogP contribution in [0, 0.1) is 5.92 Å². The molecule has 6 atom stereocenters. The third kappa shape index (κ3) is 4.60. The van der Waals surface area contributed by atoms with Crippen LogP contribution in [0.25, 0.3) is 0 Å². The van der Waals surface area contributed by atoms with Crippen LogP contribution in [0.1, 0.15) is 61.3 Å². The second-order valence-electron chi connectivity index (χ2n) is 8.66. The molecule has 0 saturated carbocycles. The number of rotatable bonds is 6. The molecule has 0 bridgehead atoms. The zero-order chi connectivity index (χ0) is 20.7. The number of esters is 1. The Bertz CT molecular complexity index is 606. The molecule has 160 valence electrons. The summed E-state index contributed by atoms with van der Waals surface area (Å²) in [5, 5.41) is 0. The molecule has 0 radical (unpaired) electrons. The molecular formula is C21H34O7. The molecule has 0 aromatic rings. The minimum absolute atomic E-state index is 0.301. The molecule has 3 heterocycles. The monoisotopic (exact) mass is 398 g/mol. The predicted molar refractivity (Wildman–Crippen MR) is 101 cm³/mol. The maximum atomic E-state index is 12.8. The van der Waals surface area contributed by atoms with Crippen molar-refractivity contribution in [1.82, 2.24) is 0 Å². The number of fused-ring (bicyclic) bond motifs is 1. The van der Waals surface area contributed by atoms with Gasteiger partial charge in [0.1, 0.15) is 12.2 Å². The molecule has 7 nitrogen and oxygen atoms in total. The second kappa shape index (κ2) is 8.03. The third-order valence-corrected chi connectivity index (χ3v) is 5.44. The van der Waals surface area contributed by atoms with Gasteiger partial charge < -0.3 is 28.4 Å². The van der Waals surface area contributed by atoms with E-state index < -0.39 is 36.2 Å². The van der Waals surface area contributed by atoms with Gasteiger partial charge in [0.15, 0.2) is 30.1 Å². The van der Waals surface area contributed by atoms with Crippen LogP contribution in [0.4, 0.5) is 0 Å². The van der Waals surface area contributed by atoms with Gasteiger partial charge in [0, 0.05) is 0 Å². The molecule has 3 aliphatic rings. The van der Waals surface area contributed by atoms with E-state index >= 15 is 0 Å². The van der Waals surface area contributed by atoms with Crippen molar-refractivity contribution in [3.05, 3.63) is 11.6 Å². The van der Waals surface area contributed by atoms with Crippen LogP contribution in [0.15, 0.2) is 11.6 Å². The number of hydrogen-bond donors (Lipinski definition) is 0. The molecule has 3 saturated heterocycles. The normalized spacial score (nSPS) is 36.8. The highest BCUT2D eigenvalue weighted by atomic mass is 16.8. The van der Waals surface area contributed by atoms with Gasteiger partial charge in [-0.05, 0) is 47.5 Å². The quantitative estimate of drug-likeness (QED) is 0.502. The van der Waals surface area contributed by atoms with Gasteiger partial charge in [-0.25, -0.2) is 0 Å². The minimum atomic E-state index is -0.791. The number of carbonyl (C=O) groups excluding carboxylic acids is 1. The zero-order valence-electron chi connectivity index (χ0n) is 18.0. The Morgan fingerprint density at radius 2 is 1.75 bits per heavy atom. The molecule has 0 spiro atoms. The molecule has 3 rings (SSSR count). The van der Waals surface area contributed by atoms with Gasteiger partial charge in [0.25, 0.3) is 0 Å². The number of hydrogen-bond acceptors (Lipinski definition) is 7. The summed E-state index contributed by atoms with van der Waals surface area (Å²) in [5.74, 6) is -2.14. The molecule has 7 heteroatoms. The van der Waals surface area contributed by atoms with Crippen molar-refractivity contribution in [3.8, 4) is 0 Å². The first-order valence-electron chi connectivity index (χ1n) is 10.3. The Morgan fingerprint density at radius 1 is 1.07 bits per heavy atom. The molecular weight excluding hydrogens is 364 g/mol. The van der Waals surface area contributed by atoms with Crippen LogP contribution in [0.2, 0.25) is 0 Å². The number of ether oxygens (including phenoxy) is 6. The summed E-state index contributed by atoms with van der Waals surface area (Å²) in [5.41, 5.74) is 1.23. The molecule has 3 aliphatic heterocycles. The average Bonchev–Trinajstić information content (AvgIpc) is 3.22. The first-order chi connectivity index (χ1) is 13.0. The first-order valence-corrected chi connectivity index (χ1v) is 10.3. The first kappa shape index (κ1) is 21.7. The Balaban J connectivity index is 1.75. The van der Waals surface area contributed by atoms with Gasteiger partial charge in [-0.1, -0.05) is 25.5 Å². The molecule has 0 aromatic carbocycles. The summed E-state index contributed by atoms with van der Waals surface area (Å²) >= 11 is 0. The van der Waals surface area contributed by atoms with Crippen molar-refractivity contribution in [3.63, 3.8) is 0 Å². The lowest BCUT2D eigenvalue weighted by molar-refractivity contribution is -0.235. The smallest absolute Gasteiger partial charge is 0.312 e. The van der Waals surface area contributed by atoms with Crippen LogP contribution in [-0.2, 0) is 33.2 Å². The van der Waals surface area contributed by atoms with Crippen molar-refractivity contribution in [2.45, 2.75) is 104 Å². The molecule has 0 unspecified atom stereocenters. The summed E-state index contributed by atoms with van der Waals surface area (Å²) in [7, 11) is 0. The fraction of sp³-hybridized carbons (Fsp3) is 0.857. The standard InChI is InChI=1S/C21H34O7/c1-8-13(9-2)10-12(3)18(22)24-16-15(14-11-23-20(4,5)26-14)25-19-17(16)27-21(6,7)28-19/h10,12,14-17,19H,8-9,11H2,1-7H3/t12-,14-,15-,16+,17-,19-/m1/s1. The van der Waals surface area contributed by atoms with E-state index in [9.17, 15) is 4.79 Å². The summed E-state index contributed by atoms with van der Waals surface area (Å²) in [6, 6.07) is 0. The highest BCUT2D eigenvalue weighted by Gasteiger charge is 2.60. The summed E-state index contributed by atoms with van der Waals surface area (Å²) in [6.45, 7) is 13.7. The van der Waals surface area contributed by atoms with E-state index in [2.05, 4.69) is 13.8 Å². The highest BCUT2D eigenvalue weighted by Crippen LogP contribution is 2.42. The summed E-state index contributed by atoms with van der Waals surface area (Å²) < 4.78 is 35.5. The highest BCUT2D eigenvalue weighted by molar-refractivity contribution is 5.74. The van der Waals surface area contributed by atoms with Gasteiger partial charge in [0.05, 0.1) is 12.5 Å². The van der Waals surface area contributed by atoms with E-state index in [1.807, 2.05) is 40.7 Å². The van der Waals surface area contributed by atoms with E-state index in [4.69, 9.17) is 28.4 Å². The van der Waals surface area contributed by atoms with Crippen LogP contribution in [-0.4, -0.2) is 54.9 Å².